The summed E-state index contributed by atoms with van der Waals surface area (Å²) in [5.41, 5.74) is 18.4. The Bertz CT molecular complexity index is 2720. The SMILES string of the molecule is CC(C)(C)c1ccc(N2c3ccc(C(C)(C)C)cc3B3c4ccccc4N(c4ccc(C(c5ccccc5)(c5ccccc5)c5ccccc5)cc4)c4cccc2c43)cc1. The Morgan fingerprint density at radius 1 is 0.317 bits per heavy atom. The van der Waals surface area contributed by atoms with Crippen LogP contribution >= 0.6 is 0 Å². The van der Waals surface area contributed by atoms with E-state index >= 15 is 0 Å². The maximum Gasteiger partial charge on any atom is 0.252 e. The molecule has 292 valence electrons. The van der Waals surface area contributed by atoms with Crippen LogP contribution in [-0.2, 0) is 16.2 Å². The van der Waals surface area contributed by atoms with Crippen molar-refractivity contribution in [3.63, 3.8) is 0 Å². The van der Waals surface area contributed by atoms with Crippen molar-refractivity contribution in [2.75, 3.05) is 9.80 Å². The first-order chi connectivity index (χ1) is 29.0. The molecule has 10 rings (SSSR count). The van der Waals surface area contributed by atoms with Gasteiger partial charge in [0, 0.05) is 34.1 Å². The second-order valence-electron chi connectivity index (χ2n) is 18.6. The summed E-state index contributed by atoms with van der Waals surface area (Å²) < 4.78 is 0. The lowest BCUT2D eigenvalue weighted by Crippen LogP contribution is -2.61. The van der Waals surface area contributed by atoms with Gasteiger partial charge in [-0.15, -0.1) is 0 Å². The van der Waals surface area contributed by atoms with Crippen LogP contribution in [0.25, 0.3) is 0 Å². The van der Waals surface area contributed by atoms with Gasteiger partial charge in [0.1, 0.15) is 0 Å². The molecular weight excluding hydrogens is 723 g/mol. The number of nitrogens with zero attached hydrogens (tertiary/aromatic N) is 2. The van der Waals surface area contributed by atoms with Crippen molar-refractivity contribution in [2.24, 2.45) is 0 Å². The van der Waals surface area contributed by atoms with Crippen molar-refractivity contribution < 1.29 is 0 Å². The normalized spacial score (nSPS) is 13.4. The zero-order valence-electron chi connectivity index (χ0n) is 35.5. The second-order valence-corrected chi connectivity index (χ2v) is 18.6. The molecule has 2 aliphatic heterocycles. The van der Waals surface area contributed by atoms with E-state index in [1.54, 1.807) is 0 Å². The molecule has 2 nitrogen and oxygen atoms in total. The average molecular weight is 775 g/mol. The highest BCUT2D eigenvalue weighted by Gasteiger charge is 2.44. The van der Waals surface area contributed by atoms with Crippen LogP contribution in [0.15, 0.2) is 200 Å². The number of benzene rings is 8. The smallest absolute Gasteiger partial charge is 0.252 e. The van der Waals surface area contributed by atoms with E-state index in [1.165, 1.54) is 78.2 Å². The Morgan fingerprint density at radius 2 is 0.700 bits per heavy atom. The maximum atomic E-state index is 2.51. The summed E-state index contributed by atoms with van der Waals surface area (Å²) in [4.78, 5) is 5.01. The molecule has 8 aromatic rings. The minimum absolute atomic E-state index is 0.00441. The van der Waals surface area contributed by atoms with Crippen molar-refractivity contribution >= 4 is 57.2 Å². The molecule has 2 aliphatic rings. The molecule has 3 heteroatoms. The molecule has 60 heavy (non-hydrogen) atoms. The van der Waals surface area contributed by atoms with Gasteiger partial charge < -0.3 is 9.80 Å². The van der Waals surface area contributed by atoms with Gasteiger partial charge in [-0.3, -0.25) is 0 Å². The minimum Gasteiger partial charge on any atom is -0.311 e. The Kier molecular flexibility index (Phi) is 8.99. The number of anilines is 6. The van der Waals surface area contributed by atoms with Crippen LogP contribution in [0, 0.1) is 0 Å². The fraction of sp³-hybridized carbons (Fsp3) is 0.158. The van der Waals surface area contributed by atoms with Crippen molar-refractivity contribution in [1.82, 2.24) is 0 Å². The summed E-state index contributed by atoms with van der Waals surface area (Å²) in [6.07, 6.45) is 0. The van der Waals surface area contributed by atoms with E-state index < -0.39 is 5.41 Å². The molecule has 0 unspecified atom stereocenters. The average Bonchev–Trinajstić information content (AvgIpc) is 3.27. The zero-order valence-corrected chi connectivity index (χ0v) is 35.5. The van der Waals surface area contributed by atoms with E-state index in [0.717, 1.165) is 5.69 Å². The van der Waals surface area contributed by atoms with Gasteiger partial charge in [-0.2, -0.15) is 0 Å². The summed E-state index contributed by atoms with van der Waals surface area (Å²) >= 11 is 0. The lowest BCUT2D eigenvalue weighted by Gasteiger charge is -2.44. The Hall–Kier alpha value is -6.58. The largest absolute Gasteiger partial charge is 0.311 e. The van der Waals surface area contributed by atoms with Crippen molar-refractivity contribution in [3.8, 4) is 0 Å². The number of fused-ring (bicyclic) bond motifs is 4. The summed E-state index contributed by atoms with van der Waals surface area (Å²) in [6, 6.07) is 74.8. The molecule has 2 heterocycles. The van der Waals surface area contributed by atoms with E-state index in [-0.39, 0.29) is 17.5 Å². The first-order valence-electron chi connectivity index (χ1n) is 21.4. The minimum atomic E-state index is -0.517. The number of rotatable bonds is 6. The first kappa shape index (κ1) is 37.7. The van der Waals surface area contributed by atoms with E-state index in [9.17, 15) is 0 Å². The van der Waals surface area contributed by atoms with Crippen LogP contribution in [0.3, 0.4) is 0 Å². The van der Waals surface area contributed by atoms with E-state index in [2.05, 4.69) is 252 Å². The first-order valence-corrected chi connectivity index (χ1v) is 21.4. The van der Waals surface area contributed by atoms with E-state index in [1.807, 2.05) is 0 Å². The fourth-order valence-corrected chi connectivity index (χ4v) is 9.95. The molecule has 0 aromatic heterocycles. The highest BCUT2D eigenvalue weighted by atomic mass is 15.2. The van der Waals surface area contributed by atoms with E-state index in [4.69, 9.17) is 0 Å². The summed E-state index contributed by atoms with van der Waals surface area (Å²) in [7, 11) is 0. The Labute approximate surface area is 356 Å². The molecule has 0 spiro atoms. The topological polar surface area (TPSA) is 6.48 Å². The van der Waals surface area contributed by atoms with Gasteiger partial charge in [-0.05, 0) is 109 Å². The van der Waals surface area contributed by atoms with Gasteiger partial charge in [-0.1, -0.05) is 193 Å². The van der Waals surface area contributed by atoms with Gasteiger partial charge >= 0.3 is 0 Å². The quantitative estimate of drug-likeness (QED) is 0.123. The van der Waals surface area contributed by atoms with Gasteiger partial charge in [0.05, 0.1) is 5.41 Å². The van der Waals surface area contributed by atoms with Crippen LogP contribution in [0.1, 0.15) is 74.9 Å². The Morgan fingerprint density at radius 3 is 1.18 bits per heavy atom. The highest BCUT2D eigenvalue weighted by molar-refractivity contribution is 7.00. The molecule has 0 atom stereocenters. The van der Waals surface area contributed by atoms with Crippen LogP contribution < -0.4 is 26.2 Å². The molecule has 0 N–H and O–H groups in total. The van der Waals surface area contributed by atoms with Crippen LogP contribution in [0.4, 0.5) is 34.1 Å². The molecular formula is C57H51BN2. The standard InChI is InChI=1S/C57H51BN2/c1-55(2,3)40-29-34-46(35-30-40)60-51-38-33-45(56(4,5)6)39-49(51)58-48-25-16-17-26-50(48)59(52-27-18-28-53(60)54(52)58)47-36-31-44(32-37-47)57(41-19-10-7-11-20-41,42-21-12-8-13-22-42)43-23-14-9-15-24-43/h7-39H,1-6H3. The van der Waals surface area contributed by atoms with Crippen molar-refractivity contribution in [1.29, 1.82) is 0 Å². The maximum absolute atomic E-state index is 2.51. The highest BCUT2D eigenvalue weighted by Crippen LogP contribution is 2.48. The lowest BCUT2D eigenvalue weighted by molar-refractivity contribution is 0.590. The van der Waals surface area contributed by atoms with Crippen LogP contribution in [-0.4, -0.2) is 6.71 Å². The third-order valence-electron chi connectivity index (χ3n) is 12.9. The zero-order chi connectivity index (χ0) is 41.2. The summed E-state index contributed by atoms with van der Waals surface area (Å²) in [6.45, 7) is 13.9. The number of para-hydroxylation sites is 1. The molecule has 0 bridgehead atoms. The lowest BCUT2D eigenvalue weighted by atomic mass is 9.33. The Balaban J connectivity index is 1.18. The third kappa shape index (κ3) is 6.02. The predicted octanol–water partition coefficient (Wildman–Crippen LogP) is 12.7. The second kappa shape index (κ2) is 14.3. The molecule has 0 aliphatic carbocycles. The third-order valence-corrected chi connectivity index (χ3v) is 12.9. The number of hydrogen-bond acceptors (Lipinski definition) is 2. The fourth-order valence-electron chi connectivity index (χ4n) is 9.95. The van der Waals surface area contributed by atoms with Gasteiger partial charge in [0.15, 0.2) is 0 Å². The van der Waals surface area contributed by atoms with Gasteiger partial charge in [0.25, 0.3) is 6.71 Å². The van der Waals surface area contributed by atoms with Crippen LogP contribution in [0.2, 0.25) is 0 Å². The molecule has 0 saturated carbocycles. The molecule has 0 fully saturated rings. The summed E-state index contributed by atoms with van der Waals surface area (Å²) in [5, 5.41) is 0. The molecule has 8 aromatic carbocycles. The number of hydrogen-bond donors (Lipinski definition) is 0. The predicted molar refractivity (Wildman–Crippen MR) is 256 cm³/mol. The van der Waals surface area contributed by atoms with Gasteiger partial charge in [-0.25, -0.2) is 0 Å². The summed E-state index contributed by atoms with van der Waals surface area (Å²) in [5.74, 6) is 0. The molecule has 0 amide bonds. The van der Waals surface area contributed by atoms with Gasteiger partial charge in [0.2, 0.25) is 0 Å². The molecule has 0 radical (unpaired) electrons. The van der Waals surface area contributed by atoms with Crippen LogP contribution in [0.5, 0.6) is 0 Å². The van der Waals surface area contributed by atoms with Crippen molar-refractivity contribution in [3.05, 3.63) is 234 Å². The van der Waals surface area contributed by atoms with Crippen molar-refractivity contribution in [2.45, 2.75) is 57.8 Å². The molecule has 0 saturated heterocycles. The van der Waals surface area contributed by atoms with E-state index in [0.29, 0.717) is 0 Å². The monoisotopic (exact) mass is 774 g/mol.